The summed E-state index contributed by atoms with van der Waals surface area (Å²) in [6.45, 7) is 7.46. The van der Waals surface area contributed by atoms with Crippen molar-refractivity contribution in [2.24, 2.45) is 5.92 Å². The van der Waals surface area contributed by atoms with Crippen LogP contribution in [0.15, 0.2) is 35.6 Å². The fourth-order valence-electron chi connectivity index (χ4n) is 3.33. The number of nitriles is 1. The molecule has 1 fully saturated rings. The van der Waals surface area contributed by atoms with Crippen LogP contribution in [0.3, 0.4) is 0 Å². The molecule has 2 N–H and O–H groups in total. The van der Waals surface area contributed by atoms with Gasteiger partial charge in [-0.1, -0.05) is 43.8 Å². The predicted octanol–water partition coefficient (Wildman–Crippen LogP) is 4.30. The number of hydrogen-bond acceptors (Lipinski definition) is 5. The quantitative estimate of drug-likeness (QED) is 0.553. The first kappa shape index (κ1) is 20.5. The number of amides is 1. The van der Waals surface area contributed by atoms with Gasteiger partial charge in [0, 0.05) is 28.7 Å². The minimum absolute atomic E-state index is 0.00671. The Balaban J connectivity index is 1.60. The van der Waals surface area contributed by atoms with E-state index in [9.17, 15) is 10.1 Å². The standard InChI is InChI=1S/C22H26N6OS/c1-13(2)22(4,12-23)25-20(29)14(3)30-21-27-26-19(28(21)15-9-10-15)17-11-24-18-8-6-5-7-16(17)18/h5-8,11,13-15,24H,9-10H2,1-4H3,(H,25,29). The summed E-state index contributed by atoms with van der Waals surface area (Å²) >= 11 is 1.39. The molecular formula is C22H26N6OS. The van der Waals surface area contributed by atoms with Crippen molar-refractivity contribution in [1.29, 1.82) is 5.26 Å². The number of carbonyl (C=O) groups is 1. The smallest absolute Gasteiger partial charge is 0.234 e. The molecule has 2 heterocycles. The largest absolute Gasteiger partial charge is 0.360 e. The van der Waals surface area contributed by atoms with Crippen LogP contribution >= 0.6 is 11.8 Å². The molecule has 1 amide bonds. The number of nitrogens with one attached hydrogen (secondary N) is 2. The van der Waals surface area contributed by atoms with E-state index in [4.69, 9.17) is 0 Å². The molecule has 3 aromatic rings. The van der Waals surface area contributed by atoms with Gasteiger partial charge in [-0.25, -0.2) is 0 Å². The van der Waals surface area contributed by atoms with Crippen LogP contribution in [0.5, 0.6) is 0 Å². The van der Waals surface area contributed by atoms with Crippen molar-refractivity contribution in [2.45, 2.75) is 62.5 Å². The number of para-hydroxylation sites is 1. The highest BCUT2D eigenvalue weighted by Gasteiger charge is 2.34. The maximum Gasteiger partial charge on any atom is 0.234 e. The van der Waals surface area contributed by atoms with Gasteiger partial charge >= 0.3 is 0 Å². The molecule has 0 radical (unpaired) electrons. The Morgan fingerprint density at radius 3 is 2.73 bits per heavy atom. The minimum atomic E-state index is -0.898. The summed E-state index contributed by atoms with van der Waals surface area (Å²) in [7, 11) is 0. The van der Waals surface area contributed by atoms with Crippen LogP contribution in [-0.2, 0) is 4.79 Å². The second-order valence-electron chi connectivity index (χ2n) is 8.37. The lowest BCUT2D eigenvalue weighted by Crippen LogP contribution is -2.51. The number of fused-ring (bicyclic) bond motifs is 1. The molecule has 0 bridgehead atoms. The molecule has 156 valence electrons. The van der Waals surface area contributed by atoms with Crippen LogP contribution in [0.4, 0.5) is 0 Å². The molecule has 2 aromatic heterocycles. The molecule has 7 nitrogen and oxygen atoms in total. The van der Waals surface area contributed by atoms with Gasteiger partial charge in [-0.3, -0.25) is 9.36 Å². The predicted molar refractivity (Wildman–Crippen MR) is 118 cm³/mol. The molecule has 2 unspecified atom stereocenters. The Labute approximate surface area is 180 Å². The zero-order valence-electron chi connectivity index (χ0n) is 17.6. The van der Waals surface area contributed by atoms with E-state index in [2.05, 4.69) is 37.2 Å². The SMILES string of the molecule is CC(Sc1nnc(-c2c[nH]c3ccccc23)n1C1CC1)C(=O)NC(C)(C#N)C(C)C. The molecule has 30 heavy (non-hydrogen) atoms. The van der Waals surface area contributed by atoms with Gasteiger partial charge in [0.25, 0.3) is 0 Å². The maximum atomic E-state index is 12.8. The molecule has 0 saturated heterocycles. The normalized spacial score (nSPS) is 16.9. The molecular weight excluding hydrogens is 396 g/mol. The Morgan fingerprint density at radius 2 is 2.07 bits per heavy atom. The minimum Gasteiger partial charge on any atom is -0.360 e. The Bertz CT molecular complexity index is 1120. The third-order valence-corrected chi connectivity index (χ3v) is 6.88. The van der Waals surface area contributed by atoms with E-state index >= 15 is 0 Å². The van der Waals surface area contributed by atoms with Crippen LogP contribution < -0.4 is 5.32 Å². The third-order valence-electron chi connectivity index (χ3n) is 5.83. The monoisotopic (exact) mass is 422 g/mol. The highest BCUT2D eigenvalue weighted by Crippen LogP contribution is 2.42. The second kappa shape index (κ2) is 7.80. The molecule has 1 aliphatic carbocycles. The molecule has 1 aliphatic rings. The van der Waals surface area contributed by atoms with Gasteiger partial charge < -0.3 is 10.3 Å². The number of carbonyl (C=O) groups excluding carboxylic acids is 1. The van der Waals surface area contributed by atoms with Crippen molar-refractivity contribution >= 4 is 28.6 Å². The fourth-order valence-corrected chi connectivity index (χ4v) is 4.25. The summed E-state index contributed by atoms with van der Waals surface area (Å²) < 4.78 is 2.16. The van der Waals surface area contributed by atoms with E-state index in [1.807, 2.05) is 45.2 Å². The van der Waals surface area contributed by atoms with Gasteiger partial charge in [-0.2, -0.15) is 5.26 Å². The van der Waals surface area contributed by atoms with Crippen LogP contribution in [0.25, 0.3) is 22.3 Å². The van der Waals surface area contributed by atoms with Crippen LogP contribution in [0.1, 0.15) is 46.6 Å². The third kappa shape index (κ3) is 3.70. The molecule has 1 aromatic carbocycles. The summed E-state index contributed by atoms with van der Waals surface area (Å²) in [5, 5.41) is 22.8. The van der Waals surface area contributed by atoms with E-state index in [-0.39, 0.29) is 11.8 Å². The van der Waals surface area contributed by atoms with Gasteiger partial charge in [-0.05, 0) is 38.7 Å². The summed E-state index contributed by atoms with van der Waals surface area (Å²) in [5.74, 6) is 0.665. The molecule has 8 heteroatoms. The summed E-state index contributed by atoms with van der Waals surface area (Å²) in [5.41, 5.74) is 1.18. The number of aromatic nitrogens is 4. The average molecular weight is 423 g/mol. The highest BCUT2D eigenvalue weighted by atomic mass is 32.2. The van der Waals surface area contributed by atoms with Crippen molar-refractivity contribution in [1.82, 2.24) is 25.1 Å². The Hall–Kier alpha value is -2.79. The van der Waals surface area contributed by atoms with Crippen molar-refractivity contribution in [2.75, 3.05) is 0 Å². The van der Waals surface area contributed by atoms with E-state index in [0.717, 1.165) is 40.3 Å². The molecule has 0 aliphatic heterocycles. The lowest BCUT2D eigenvalue weighted by molar-refractivity contribution is -0.121. The number of benzene rings is 1. The van der Waals surface area contributed by atoms with Gasteiger partial charge in [0.2, 0.25) is 5.91 Å². The van der Waals surface area contributed by atoms with Crippen LogP contribution in [0, 0.1) is 17.2 Å². The fraction of sp³-hybridized carbons (Fsp3) is 0.455. The second-order valence-corrected chi connectivity index (χ2v) is 9.68. The number of hydrogen-bond donors (Lipinski definition) is 2. The van der Waals surface area contributed by atoms with E-state index in [1.165, 1.54) is 11.8 Å². The van der Waals surface area contributed by atoms with Gasteiger partial charge in [0.1, 0.15) is 5.54 Å². The number of H-pyrrole nitrogens is 1. The van der Waals surface area contributed by atoms with Crippen molar-refractivity contribution in [3.63, 3.8) is 0 Å². The number of nitrogens with zero attached hydrogens (tertiary/aromatic N) is 4. The maximum absolute atomic E-state index is 12.8. The number of thioether (sulfide) groups is 1. The summed E-state index contributed by atoms with van der Waals surface area (Å²) in [6, 6.07) is 10.7. The molecule has 4 rings (SSSR count). The van der Waals surface area contributed by atoms with E-state index in [1.54, 1.807) is 6.92 Å². The number of rotatable bonds is 7. The topological polar surface area (TPSA) is 99.4 Å². The van der Waals surface area contributed by atoms with Crippen LogP contribution in [0.2, 0.25) is 0 Å². The van der Waals surface area contributed by atoms with E-state index in [0.29, 0.717) is 6.04 Å². The lowest BCUT2D eigenvalue weighted by Gasteiger charge is -2.28. The first-order valence-corrected chi connectivity index (χ1v) is 11.1. The van der Waals surface area contributed by atoms with E-state index < -0.39 is 10.8 Å². The average Bonchev–Trinajstić information content (AvgIpc) is 3.35. The number of aromatic amines is 1. The lowest BCUT2D eigenvalue weighted by atomic mass is 9.90. The molecule has 0 spiro atoms. The first-order chi connectivity index (χ1) is 14.3. The van der Waals surface area contributed by atoms with Crippen molar-refractivity contribution in [3.8, 4) is 17.5 Å². The van der Waals surface area contributed by atoms with Crippen LogP contribution in [-0.4, -0.2) is 36.4 Å². The zero-order chi connectivity index (χ0) is 21.5. The molecule has 1 saturated carbocycles. The first-order valence-electron chi connectivity index (χ1n) is 10.3. The van der Waals surface area contributed by atoms with Crippen molar-refractivity contribution < 1.29 is 4.79 Å². The van der Waals surface area contributed by atoms with Gasteiger partial charge in [-0.15, -0.1) is 10.2 Å². The van der Waals surface area contributed by atoms with Gasteiger partial charge in [0.05, 0.1) is 11.3 Å². The Kier molecular flexibility index (Phi) is 5.33. The zero-order valence-corrected chi connectivity index (χ0v) is 18.5. The van der Waals surface area contributed by atoms with Crippen molar-refractivity contribution in [3.05, 3.63) is 30.5 Å². The molecule has 2 atom stereocenters. The van der Waals surface area contributed by atoms with Gasteiger partial charge in [0.15, 0.2) is 11.0 Å². The summed E-state index contributed by atoms with van der Waals surface area (Å²) in [4.78, 5) is 16.1. The Morgan fingerprint density at radius 1 is 1.33 bits per heavy atom. The highest BCUT2D eigenvalue weighted by molar-refractivity contribution is 8.00. The summed E-state index contributed by atoms with van der Waals surface area (Å²) in [6.07, 6.45) is 4.14.